The minimum atomic E-state index is -0.798. The Morgan fingerprint density at radius 2 is 2.38 bits per heavy atom. The molecule has 3 atom stereocenters. The second-order valence-corrected chi connectivity index (χ2v) is 5.01. The number of hydrogen-bond donors (Lipinski definition) is 0. The highest BCUT2D eigenvalue weighted by atomic mass is 35.5. The number of halogens is 2. The summed E-state index contributed by atoms with van der Waals surface area (Å²) in [5.41, 5.74) is 0.927. The van der Waals surface area contributed by atoms with Crippen molar-refractivity contribution in [2.45, 2.75) is 31.8 Å². The fourth-order valence-electron chi connectivity index (χ4n) is 2.38. The third-order valence-corrected chi connectivity index (χ3v) is 3.55. The molecular weight excluding hydrogens is 303 g/mol. The topological polar surface area (TPSA) is 79.1 Å². The lowest BCUT2D eigenvalue weighted by atomic mass is 10.2. The van der Waals surface area contributed by atoms with E-state index in [4.69, 9.17) is 21.1 Å². The smallest absolute Gasteiger partial charge is 0.302 e. The van der Waals surface area contributed by atoms with Gasteiger partial charge in [-0.25, -0.2) is 19.3 Å². The van der Waals surface area contributed by atoms with Gasteiger partial charge >= 0.3 is 5.97 Å². The fourth-order valence-corrected chi connectivity index (χ4v) is 2.56. The average Bonchev–Trinajstić information content (AvgIpc) is 3.02. The maximum absolute atomic E-state index is 13.0. The molecule has 1 aliphatic rings. The largest absolute Gasteiger partial charge is 0.460 e. The van der Waals surface area contributed by atoms with Crippen LogP contribution < -0.4 is 0 Å². The lowest BCUT2D eigenvalue weighted by Crippen LogP contribution is -2.27. The fraction of sp³-hybridized carbons (Fsp3) is 0.500. The van der Waals surface area contributed by atoms with Gasteiger partial charge in [0.15, 0.2) is 10.8 Å². The molecule has 0 unspecified atom stereocenters. The first-order valence-corrected chi connectivity index (χ1v) is 6.69. The summed E-state index contributed by atoms with van der Waals surface area (Å²) in [4.78, 5) is 23.1. The highest BCUT2D eigenvalue weighted by molar-refractivity contribution is 6.33. The van der Waals surface area contributed by atoms with E-state index >= 15 is 0 Å². The molecule has 1 saturated heterocycles. The van der Waals surface area contributed by atoms with Gasteiger partial charge in [0.1, 0.15) is 37.0 Å². The molecule has 0 aromatic carbocycles. The zero-order valence-corrected chi connectivity index (χ0v) is 11.8. The number of imidazole rings is 1. The van der Waals surface area contributed by atoms with Crippen LogP contribution in [0.1, 0.15) is 19.6 Å². The minimum absolute atomic E-state index is 0.232. The maximum Gasteiger partial charge on any atom is 0.302 e. The predicted molar refractivity (Wildman–Crippen MR) is 70.4 cm³/mol. The van der Waals surface area contributed by atoms with Crippen LogP contribution in [0.25, 0.3) is 11.2 Å². The summed E-state index contributed by atoms with van der Waals surface area (Å²) >= 11 is 5.93. The maximum atomic E-state index is 13.0. The number of carbonyl (C=O) groups is 1. The van der Waals surface area contributed by atoms with Gasteiger partial charge in [-0.2, -0.15) is 0 Å². The van der Waals surface area contributed by atoms with Crippen LogP contribution in [0.4, 0.5) is 4.39 Å². The van der Waals surface area contributed by atoms with E-state index < -0.39 is 31.1 Å². The standard InChI is InChI=1S/C12H12ClFN4O3/c1-6(19)20-7-2-9(21-8(7)3-14)18-5-17-10-11(13)15-4-16-12(10)18/h4-5,7-9H,2-3H2,1H3/t7-,8+,9+/m0/s1. The van der Waals surface area contributed by atoms with E-state index in [-0.39, 0.29) is 5.15 Å². The number of fused-ring (bicyclic) bond motifs is 1. The van der Waals surface area contributed by atoms with E-state index in [0.717, 1.165) is 0 Å². The molecule has 7 nitrogen and oxygen atoms in total. The highest BCUT2D eigenvalue weighted by Crippen LogP contribution is 2.33. The van der Waals surface area contributed by atoms with E-state index in [2.05, 4.69) is 15.0 Å². The number of esters is 1. The van der Waals surface area contributed by atoms with Gasteiger partial charge in [0, 0.05) is 13.3 Å². The molecule has 3 heterocycles. The van der Waals surface area contributed by atoms with Crippen LogP contribution in [0.2, 0.25) is 5.15 Å². The quantitative estimate of drug-likeness (QED) is 0.633. The van der Waals surface area contributed by atoms with Gasteiger partial charge in [-0.05, 0) is 0 Å². The van der Waals surface area contributed by atoms with E-state index in [1.54, 1.807) is 4.57 Å². The van der Waals surface area contributed by atoms with Gasteiger partial charge in [-0.3, -0.25) is 9.36 Å². The number of aromatic nitrogens is 4. The van der Waals surface area contributed by atoms with Crippen molar-refractivity contribution in [3.05, 3.63) is 17.8 Å². The average molecular weight is 315 g/mol. The SMILES string of the molecule is CC(=O)O[C@H]1C[C@H](n2cnc3c(Cl)ncnc32)O[C@@H]1CF. The van der Waals surface area contributed by atoms with E-state index in [0.29, 0.717) is 17.6 Å². The van der Waals surface area contributed by atoms with Crippen LogP contribution in [0.5, 0.6) is 0 Å². The molecule has 2 aromatic rings. The number of rotatable bonds is 3. The van der Waals surface area contributed by atoms with Crippen molar-refractivity contribution in [1.82, 2.24) is 19.5 Å². The summed E-state index contributed by atoms with van der Waals surface area (Å²) in [6.45, 7) is 0.541. The molecule has 0 saturated carbocycles. The Labute approximate surface area is 124 Å². The molecule has 0 aliphatic carbocycles. The molecule has 0 radical (unpaired) electrons. The van der Waals surface area contributed by atoms with Crippen LogP contribution in [0, 0.1) is 0 Å². The molecule has 2 aromatic heterocycles. The molecule has 3 rings (SSSR count). The molecule has 1 aliphatic heterocycles. The molecule has 9 heteroatoms. The Balaban J connectivity index is 1.90. The second-order valence-electron chi connectivity index (χ2n) is 4.66. The summed E-state index contributed by atoms with van der Waals surface area (Å²) in [5, 5.41) is 0.232. The van der Waals surface area contributed by atoms with Crippen molar-refractivity contribution in [3.63, 3.8) is 0 Å². The number of ether oxygens (including phenoxy) is 2. The molecule has 0 bridgehead atoms. The normalized spacial score (nSPS) is 25.4. The van der Waals surface area contributed by atoms with Crippen molar-refractivity contribution < 1.29 is 18.7 Å². The predicted octanol–water partition coefficient (Wildman–Crippen LogP) is 1.67. The zero-order valence-electron chi connectivity index (χ0n) is 11.1. The Morgan fingerprint density at radius 1 is 1.57 bits per heavy atom. The van der Waals surface area contributed by atoms with Crippen LogP contribution in [0.15, 0.2) is 12.7 Å². The lowest BCUT2D eigenvalue weighted by molar-refractivity contribution is -0.149. The van der Waals surface area contributed by atoms with E-state index in [1.165, 1.54) is 19.6 Å². The first-order valence-electron chi connectivity index (χ1n) is 6.32. The number of hydrogen-bond acceptors (Lipinski definition) is 6. The summed E-state index contributed by atoms with van der Waals surface area (Å²) in [7, 11) is 0. The summed E-state index contributed by atoms with van der Waals surface area (Å²) in [6.07, 6.45) is 1.18. The molecule has 0 N–H and O–H groups in total. The Morgan fingerprint density at radius 3 is 3.10 bits per heavy atom. The van der Waals surface area contributed by atoms with Crippen molar-refractivity contribution in [2.24, 2.45) is 0 Å². The van der Waals surface area contributed by atoms with Crippen molar-refractivity contribution >= 4 is 28.7 Å². The van der Waals surface area contributed by atoms with Gasteiger partial charge in [0.05, 0.1) is 6.33 Å². The monoisotopic (exact) mass is 314 g/mol. The third kappa shape index (κ3) is 2.56. The van der Waals surface area contributed by atoms with Crippen LogP contribution in [-0.4, -0.2) is 44.4 Å². The van der Waals surface area contributed by atoms with Gasteiger partial charge in [-0.15, -0.1) is 0 Å². The summed E-state index contributed by atoms with van der Waals surface area (Å²) in [5.74, 6) is -0.469. The Kier molecular flexibility index (Phi) is 3.73. The van der Waals surface area contributed by atoms with Gasteiger partial charge < -0.3 is 9.47 Å². The Bertz CT molecular complexity index is 680. The molecule has 0 spiro atoms. The van der Waals surface area contributed by atoms with Crippen LogP contribution >= 0.6 is 11.6 Å². The summed E-state index contributed by atoms with van der Waals surface area (Å²) < 4.78 is 25.3. The van der Waals surface area contributed by atoms with Crippen molar-refractivity contribution in [1.29, 1.82) is 0 Å². The minimum Gasteiger partial charge on any atom is -0.460 e. The lowest BCUT2D eigenvalue weighted by Gasteiger charge is -2.14. The first-order chi connectivity index (χ1) is 10.1. The molecule has 0 amide bonds. The van der Waals surface area contributed by atoms with Gasteiger partial charge in [0.2, 0.25) is 0 Å². The van der Waals surface area contributed by atoms with Crippen molar-refractivity contribution in [3.8, 4) is 0 Å². The molecular formula is C12H12ClFN4O3. The van der Waals surface area contributed by atoms with Gasteiger partial charge in [-0.1, -0.05) is 11.6 Å². The van der Waals surface area contributed by atoms with Gasteiger partial charge in [0.25, 0.3) is 0 Å². The molecule has 1 fully saturated rings. The van der Waals surface area contributed by atoms with E-state index in [1.807, 2.05) is 0 Å². The highest BCUT2D eigenvalue weighted by Gasteiger charge is 2.39. The van der Waals surface area contributed by atoms with E-state index in [9.17, 15) is 9.18 Å². The van der Waals surface area contributed by atoms with Crippen molar-refractivity contribution in [2.75, 3.05) is 6.67 Å². The summed E-state index contributed by atoms with van der Waals surface area (Å²) in [6, 6.07) is 0. The zero-order chi connectivity index (χ0) is 15.0. The van der Waals surface area contributed by atoms with Crippen LogP contribution in [-0.2, 0) is 14.3 Å². The third-order valence-electron chi connectivity index (χ3n) is 3.27. The molecule has 112 valence electrons. The second kappa shape index (κ2) is 5.53. The first kappa shape index (κ1) is 14.2. The number of carbonyl (C=O) groups excluding carboxylic acids is 1. The number of alkyl halides is 1. The Hall–Kier alpha value is -1.80. The molecule has 21 heavy (non-hydrogen) atoms. The number of nitrogens with zero attached hydrogens (tertiary/aromatic N) is 4. The van der Waals surface area contributed by atoms with Crippen LogP contribution in [0.3, 0.4) is 0 Å².